The molecule has 0 heterocycles. The molecule has 5 heteroatoms. The monoisotopic (exact) mass is 278 g/mol. The zero-order chi connectivity index (χ0) is 14.6. The first-order chi connectivity index (χ1) is 9.72. The molecule has 5 nitrogen and oxygen atoms in total. The van der Waals surface area contributed by atoms with Gasteiger partial charge in [-0.1, -0.05) is 12.1 Å². The summed E-state index contributed by atoms with van der Waals surface area (Å²) in [4.78, 5) is 11.5. The lowest BCUT2D eigenvalue weighted by Crippen LogP contribution is -2.23. The van der Waals surface area contributed by atoms with Gasteiger partial charge >= 0.3 is 0 Å². The SMILES string of the molecule is COCCOCCCNC(=O)/C=C/c1ccc(N)cc1. The summed E-state index contributed by atoms with van der Waals surface area (Å²) < 4.78 is 10.1. The number of anilines is 1. The molecule has 0 unspecified atom stereocenters. The fraction of sp³-hybridized carbons (Fsp3) is 0.400. The van der Waals surface area contributed by atoms with E-state index in [0.29, 0.717) is 32.1 Å². The van der Waals surface area contributed by atoms with Crippen molar-refractivity contribution < 1.29 is 14.3 Å². The number of amides is 1. The Kier molecular flexibility index (Phi) is 8.10. The Morgan fingerprint density at radius 2 is 2.00 bits per heavy atom. The van der Waals surface area contributed by atoms with Crippen molar-refractivity contribution in [3.63, 3.8) is 0 Å². The first-order valence-electron chi connectivity index (χ1n) is 6.60. The van der Waals surface area contributed by atoms with Crippen molar-refractivity contribution in [3.8, 4) is 0 Å². The zero-order valence-electron chi connectivity index (χ0n) is 11.8. The Morgan fingerprint density at radius 1 is 1.25 bits per heavy atom. The second kappa shape index (κ2) is 10.00. The van der Waals surface area contributed by atoms with Gasteiger partial charge in [0.2, 0.25) is 5.91 Å². The van der Waals surface area contributed by atoms with E-state index in [1.165, 1.54) is 6.08 Å². The van der Waals surface area contributed by atoms with Gasteiger partial charge < -0.3 is 20.5 Å². The topological polar surface area (TPSA) is 73.6 Å². The predicted octanol–water partition coefficient (Wildman–Crippen LogP) is 1.45. The minimum Gasteiger partial charge on any atom is -0.399 e. The minimum atomic E-state index is -0.112. The van der Waals surface area contributed by atoms with Crippen LogP contribution in [0.4, 0.5) is 5.69 Å². The molecule has 0 spiro atoms. The Hall–Kier alpha value is -1.85. The maximum absolute atomic E-state index is 11.5. The molecular weight excluding hydrogens is 256 g/mol. The average molecular weight is 278 g/mol. The van der Waals surface area contributed by atoms with E-state index in [-0.39, 0.29) is 5.91 Å². The summed E-state index contributed by atoms with van der Waals surface area (Å²) in [5.41, 5.74) is 7.23. The van der Waals surface area contributed by atoms with Gasteiger partial charge in [0.25, 0.3) is 0 Å². The van der Waals surface area contributed by atoms with Gasteiger partial charge in [-0.2, -0.15) is 0 Å². The molecule has 1 aromatic carbocycles. The molecule has 0 aliphatic carbocycles. The van der Waals surface area contributed by atoms with Crippen molar-refractivity contribution in [3.05, 3.63) is 35.9 Å². The summed E-state index contributed by atoms with van der Waals surface area (Å²) >= 11 is 0. The molecule has 0 fully saturated rings. The van der Waals surface area contributed by atoms with Crippen LogP contribution in [0, 0.1) is 0 Å². The molecule has 0 radical (unpaired) electrons. The molecule has 110 valence electrons. The summed E-state index contributed by atoms with van der Waals surface area (Å²) in [5.74, 6) is -0.112. The maximum Gasteiger partial charge on any atom is 0.244 e. The van der Waals surface area contributed by atoms with Gasteiger partial charge in [0.15, 0.2) is 0 Å². The highest BCUT2D eigenvalue weighted by Crippen LogP contribution is 2.06. The fourth-order valence-corrected chi connectivity index (χ4v) is 1.47. The van der Waals surface area contributed by atoms with Crippen molar-refractivity contribution >= 4 is 17.7 Å². The summed E-state index contributed by atoms with van der Waals surface area (Å²) in [7, 11) is 1.64. The van der Waals surface area contributed by atoms with Crippen molar-refractivity contribution in [1.82, 2.24) is 5.32 Å². The van der Waals surface area contributed by atoms with Crippen LogP contribution in [0.1, 0.15) is 12.0 Å². The minimum absolute atomic E-state index is 0.112. The van der Waals surface area contributed by atoms with E-state index in [9.17, 15) is 4.79 Å². The summed E-state index contributed by atoms with van der Waals surface area (Å²) in [6, 6.07) is 7.33. The lowest BCUT2D eigenvalue weighted by atomic mass is 10.2. The first-order valence-corrected chi connectivity index (χ1v) is 6.60. The first kappa shape index (κ1) is 16.2. The third-order valence-electron chi connectivity index (χ3n) is 2.56. The smallest absolute Gasteiger partial charge is 0.244 e. The average Bonchev–Trinajstić information content (AvgIpc) is 2.46. The van der Waals surface area contributed by atoms with Crippen LogP contribution in [0.25, 0.3) is 6.08 Å². The Balaban J connectivity index is 2.12. The van der Waals surface area contributed by atoms with E-state index < -0.39 is 0 Å². The largest absolute Gasteiger partial charge is 0.399 e. The van der Waals surface area contributed by atoms with E-state index in [2.05, 4.69) is 5.32 Å². The number of hydrogen-bond acceptors (Lipinski definition) is 4. The second-order valence-corrected chi connectivity index (χ2v) is 4.25. The molecule has 1 rings (SSSR count). The number of hydrogen-bond donors (Lipinski definition) is 2. The number of nitrogen functional groups attached to an aromatic ring is 1. The third-order valence-corrected chi connectivity index (χ3v) is 2.56. The van der Waals surface area contributed by atoms with E-state index in [4.69, 9.17) is 15.2 Å². The number of ether oxygens (including phenoxy) is 2. The van der Waals surface area contributed by atoms with Crippen LogP contribution in [-0.4, -0.2) is 39.4 Å². The van der Waals surface area contributed by atoms with Crippen molar-refractivity contribution in [2.75, 3.05) is 39.2 Å². The molecule has 1 aromatic rings. The Bertz CT molecular complexity index is 416. The molecule has 0 aliphatic heterocycles. The highest BCUT2D eigenvalue weighted by Gasteiger charge is 1.95. The van der Waals surface area contributed by atoms with Gasteiger partial charge in [-0.15, -0.1) is 0 Å². The predicted molar refractivity (Wildman–Crippen MR) is 80.2 cm³/mol. The van der Waals surface area contributed by atoms with Crippen LogP contribution < -0.4 is 11.1 Å². The van der Waals surface area contributed by atoms with Crippen LogP contribution in [0.2, 0.25) is 0 Å². The van der Waals surface area contributed by atoms with Gasteiger partial charge in [0.05, 0.1) is 13.2 Å². The number of nitrogens with one attached hydrogen (secondary N) is 1. The van der Waals surface area contributed by atoms with Crippen LogP contribution >= 0.6 is 0 Å². The summed E-state index contributed by atoms with van der Waals surface area (Å²) in [5, 5.41) is 2.79. The molecule has 0 aliphatic rings. The van der Waals surface area contributed by atoms with Crippen molar-refractivity contribution in [2.24, 2.45) is 0 Å². The van der Waals surface area contributed by atoms with Gasteiger partial charge in [0.1, 0.15) is 0 Å². The standard InChI is InChI=1S/C15H22N2O3/c1-19-11-12-20-10-2-9-17-15(18)8-5-13-3-6-14(16)7-4-13/h3-8H,2,9-12,16H2,1H3,(H,17,18)/b8-5+. The van der Waals surface area contributed by atoms with E-state index in [1.807, 2.05) is 12.1 Å². The third kappa shape index (κ3) is 7.56. The van der Waals surface area contributed by atoms with Crippen LogP contribution in [0.5, 0.6) is 0 Å². The molecule has 3 N–H and O–H groups in total. The second-order valence-electron chi connectivity index (χ2n) is 4.25. The quantitative estimate of drug-likeness (QED) is 0.407. The maximum atomic E-state index is 11.5. The molecule has 20 heavy (non-hydrogen) atoms. The number of carbonyl (C=O) groups excluding carboxylic acids is 1. The van der Waals surface area contributed by atoms with Crippen LogP contribution in [-0.2, 0) is 14.3 Å². The van der Waals surface area contributed by atoms with Gasteiger partial charge in [-0.05, 0) is 30.2 Å². The molecule has 0 bridgehead atoms. The zero-order valence-corrected chi connectivity index (χ0v) is 11.8. The van der Waals surface area contributed by atoms with E-state index in [0.717, 1.165) is 12.0 Å². The van der Waals surface area contributed by atoms with Crippen molar-refractivity contribution in [2.45, 2.75) is 6.42 Å². The summed E-state index contributed by atoms with van der Waals surface area (Å²) in [6.45, 7) is 2.39. The molecule has 0 saturated heterocycles. The molecule has 1 amide bonds. The molecular formula is C15H22N2O3. The Morgan fingerprint density at radius 3 is 2.70 bits per heavy atom. The molecule has 0 aromatic heterocycles. The molecule has 0 saturated carbocycles. The van der Waals surface area contributed by atoms with Crippen molar-refractivity contribution in [1.29, 1.82) is 0 Å². The lowest BCUT2D eigenvalue weighted by molar-refractivity contribution is -0.116. The molecule has 0 atom stereocenters. The fourth-order valence-electron chi connectivity index (χ4n) is 1.47. The number of benzene rings is 1. The number of carbonyl (C=O) groups is 1. The highest BCUT2D eigenvalue weighted by molar-refractivity contribution is 5.91. The highest BCUT2D eigenvalue weighted by atomic mass is 16.5. The van der Waals surface area contributed by atoms with Crippen LogP contribution in [0.3, 0.4) is 0 Å². The van der Waals surface area contributed by atoms with Crippen LogP contribution in [0.15, 0.2) is 30.3 Å². The number of nitrogens with two attached hydrogens (primary N) is 1. The summed E-state index contributed by atoms with van der Waals surface area (Å²) in [6.07, 6.45) is 4.05. The Labute approximate surface area is 119 Å². The van der Waals surface area contributed by atoms with Gasteiger partial charge in [-0.25, -0.2) is 0 Å². The normalized spacial score (nSPS) is 10.8. The number of methoxy groups -OCH3 is 1. The van der Waals surface area contributed by atoms with E-state index >= 15 is 0 Å². The van der Waals surface area contributed by atoms with Gasteiger partial charge in [-0.3, -0.25) is 4.79 Å². The number of rotatable bonds is 9. The van der Waals surface area contributed by atoms with Gasteiger partial charge in [0, 0.05) is 32.0 Å². The van der Waals surface area contributed by atoms with E-state index in [1.54, 1.807) is 25.3 Å². The lowest BCUT2D eigenvalue weighted by Gasteiger charge is -2.04.